The van der Waals surface area contributed by atoms with E-state index < -0.39 is 42.5 Å². The number of hydrogen-bond acceptors (Lipinski definition) is 5. The Morgan fingerprint density at radius 3 is 2.50 bits per heavy atom. The number of aryl methyl sites for hydroxylation is 1. The van der Waals surface area contributed by atoms with E-state index in [1.165, 1.54) is 0 Å². The molecule has 0 unspecified atom stereocenters. The molecule has 1 aromatic rings. The van der Waals surface area contributed by atoms with Crippen LogP contribution in [0.2, 0.25) is 0 Å². The summed E-state index contributed by atoms with van der Waals surface area (Å²) in [6.45, 7) is 4.89. The molecule has 8 nitrogen and oxygen atoms in total. The maximum Gasteiger partial charge on any atom is 0.326 e. The molecule has 26 heavy (non-hydrogen) atoms. The summed E-state index contributed by atoms with van der Waals surface area (Å²) in [5, 5.41) is 5.18. The Balaban J connectivity index is 1.99. The molecule has 8 heteroatoms. The number of benzene rings is 1. The number of imide groups is 1. The number of nitrogens with zero attached hydrogens (tertiary/aromatic N) is 1. The van der Waals surface area contributed by atoms with Crippen molar-refractivity contribution in [1.29, 1.82) is 0 Å². The van der Waals surface area contributed by atoms with Crippen molar-refractivity contribution in [3.8, 4) is 0 Å². The van der Waals surface area contributed by atoms with Crippen LogP contribution in [0.15, 0.2) is 24.3 Å². The van der Waals surface area contributed by atoms with Crippen LogP contribution in [0.25, 0.3) is 0 Å². The quantitative estimate of drug-likeness (QED) is 0.553. The molecule has 1 atom stereocenters. The number of amides is 4. The van der Waals surface area contributed by atoms with E-state index in [1.807, 2.05) is 26.0 Å². The second-order valence-corrected chi connectivity index (χ2v) is 6.32. The first-order chi connectivity index (χ1) is 12.3. The lowest BCUT2D eigenvalue weighted by atomic mass is 9.91. The molecule has 1 aromatic carbocycles. The molecule has 0 bridgehead atoms. The Kier molecular flexibility index (Phi) is 5.97. The monoisotopic (exact) mass is 361 g/mol. The van der Waals surface area contributed by atoms with Gasteiger partial charge >= 0.3 is 12.0 Å². The molecule has 2 N–H and O–H groups in total. The van der Waals surface area contributed by atoms with Crippen LogP contribution in [0.5, 0.6) is 0 Å². The predicted molar refractivity (Wildman–Crippen MR) is 93.0 cm³/mol. The van der Waals surface area contributed by atoms with E-state index in [0.29, 0.717) is 12.1 Å². The first-order valence-corrected chi connectivity index (χ1v) is 8.41. The van der Waals surface area contributed by atoms with Crippen molar-refractivity contribution in [3.05, 3.63) is 35.4 Å². The van der Waals surface area contributed by atoms with Crippen LogP contribution < -0.4 is 10.6 Å². The summed E-state index contributed by atoms with van der Waals surface area (Å²) in [7, 11) is 0. The molecule has 0 radical (unpaired) electrons. The summed E-state index contributed by atoms with van der Waals surface area (Å²) in [5.74, 6) is -1.80. The molecule has 1 fully saturated rings. The van der Waals surface area contributed by atoms with Crippen molar-refractivity contribution < 1.29 is 23.9 Å². The third-order valence-corrected chi connectivity index (χ3v) is 4.13. The molecule has 140 valence electrons. The van der Waals surface area contributed by atoms with Gasteiger partial charge in [0.1, 0.15) is 12.1 Å². The van der Waals surface area contributed by atoms with Gasteiger partial charge in [-0.3, -0.25) is 19.3 Å². The highest BCUT2D eigenvalue weighted by Gasteiger charge is 2.49. The zero-order valence-corrected chi connectivity index (χ0v) is 15.1. The zero-order valence-electron chi connectivity index (χ0n) is 15.1. The van der Waals surface area contributed by atoms with E-state index in [0.717, 1.165) is 16.9 Å². The van der Waals surface area contributed by atoms with Crippen molar-refractivity contribution in [2.45, 2.75) is 32.7 Å². The average molecular weight is 361 g/mol. The summed E-state index contributed by atoms with van der Waals surface area (Å²) in [4.78, 5) is 49.0. The third kappa shape index (κ3) is 4.19. The molecule has 0 aliphatic carbocycles. The molecular formula is C18H23N3O5. The molecule has 0 saturated carbocycles. The highest BCUT2D eigenvalue weighted by molar-refractivity contribution is 6.08. The molecule has 1 saturated heterocycles. The van der Waals surface area contributed by atoms with Crippen molar-refractivity contribution >= 4 is 23.8 Å². The van der Waals surface area contributed by atoms with Crippen molar-refractivity contribution in [2.75, 3.05) is 19.7 Å². The number of nitrogens with one attached hydrogen (secondary N) is 2. The Morgan fingerprint density at radius 1 is 1.23 bits per heavy atom. The third-order valence-electron chi connectivity index (χ3n) is 4.13. The lowest BCUT2D eigenvalue weighted by Crippen LogP contribution is -2.42. The van der Waals surface area contributed by atoms with Gasteiger partial charge in [-0.15, -0.1) is 0 Å². The van der Waals surface area contributed by atoms with Crippen LogP contribution in [0.3, 0.4) is 0 Å². The number of urea groups is 1. The smallest absolute Gasteiger partial charge is 0.326 e. The lowest BCUT2D eigenvalue weighted by molar-refractivity contribution is -0.151. The van der Waals surface area contributed by atoms with Gasteiger partial charge in [0.05, 0.1) is 0 Å². The first kappa shape index (κ1) is 19.4. The van der Waals surface area contributed by atoms with Gasteiger partial charge in [-0.2, -0.15) is 0 Å². The molecule has 1 aliphatic rings. The normalized spacial score (nSPS) is 19.3. The second kappa shape index (κ2) is 7.99. The van der Waals surface area contributed by atoms with Crippen LogP contribution >= 0.6 is 0 Å². The fraction of sp³-hybridized carbons (Fsp3) is 0.444. The van der Waals surface area contributed by atoms with E-state index in [4.69, 9.17) is 4.74 Å². The van der Waals surface area contributed by atoms with Gasteiger partial charge in [0, 0.05) is 6.54 Å². The molecular weight excluding hydrogens is 338 g/mol. The van der Waals surface area contributed by atoms with E-state index in [9.17, 15) is 19.2 Å². The summed E-state index contributed by atoms with van der Waals surface area (Å²) in [6.07, 6.45) is 0.764. The van der Waals surface area contributed by atoms with Gasteiger partial charge in [0.25, 0.3) is 11.8 Å². The largest absolute Gasteiger partial charge is 0.454 e. The number of carbonyl (C=O) groups is 4. The van der Waals surface area contributed by atoms with Crippen molar-refractivity contribution in [3.63, 3.8) is 0 Å². The topological polar surface area (TPSA) is 105 Å². The number of hydrogen-bond donors (Lipinski definition) is 2. The molecule has 4 amide bonds. The number of carbonyl (C=O) groups excluding carboxylic acids is 4. The fourth-order valence-corrected chi connectivity index (χ4v) is 2.56. The van der Waals surface area contributed by atoms with Crippen LogP contribution in [-0.2, 0) is 24.7 Å². The zero-order chi connectivity index (χ0) is 19.3. The minimum absolute atomic E-state index is 0.429. The number of rotatable bonds is 7. The molecule has 2 rings (SSSR count). The molecule has 1 aliphatic heterocycles. The van der Waals surface area contributed by atoms with E-state index in [1.54, 1.807) is 19.1 Å². The Bertz CT molecular complexity index is 716. The highest BCUT2D eigenvalue weighted by Crippen LogP contribution is 2.28. The second-order valence-electron chi connectivity index (χ2n) is 6.32. The van der Waals surface area contributed by atoms with Crippen LogP contribution in [0, 0.1) is 6.92 Å². The van der Waals surface area contributed by atoms with Gasteiger partial charge in [-0.25, -0.2) is 4.79 Å². The average Bonchev–Trinajstić information content (AvgIpc) is 2.82. The van der Waals surface area contributed by atoms with Gasteiger partial charge in [0.2, 0.25) is 0 Å². The fourth-order valence-electron chi connectivity index (χ4n) is 2.56. The first-order valence-electron chi connectivity index (χ1n) is 8.41. The van der Waals surface area contributed by atoms with E-state index >= 15 is 0 Å². The Labute approximate surface area is 151 Å². The van der Waals surface area contributed by atoms with Crippen LogP contribution in [-0.4, -0.2) is 48.4 Å². The summed E-state index contributed by atoms with van der Waals surface area (Å²) in [6, 6.07) is 6.52. The van der Waals surface area contributed by atoms with Gasteiger partial charge in [-0.05, 0) is 25.8 Å². The maximum absolute atomic E-state index is 12.7. The van der Waals surface area contributed by atoms with Crippen molar-refractivity contribution in [1.82, 2.24) is 15.5 Å². The summed E-state index contributed by atoms with van der Waals surface area (Å²) < 4.78 is 4.82. The standard InChI is InChI=1S/C18H23N3O5/c1-4-9-19-14(22)11-26-15(23)10-21-16(24)18(3,20-17(21)25)13-7-5-12(2)6-8-13/h5-8H,4,9-11H2,1-3H3,(H,19,22)(H,20,25)/t18-/m1/s1. The Morgan fingerprint density at radius 2 is 1.88 bits per heavy atom. The minimum Gasteiger partial charge on any atom is -0.454 e. The molecule has 0 spiro atoms. The lowest BCUT2D eigenvalue weighted by Gasteiger charge is -2.22. The SMILES string of the molecule is CCCNC(=O)COC(=O)CN1C(=O)N[C@](C)(c2ccc(C)cc2)C1=O. The highest BCUT2D eigenvalue weighted by atomic mass is 16.5. The molecule has 0 aromatic heterocycles. The Hall–Kier alpha value is -2.90. The number of ether oxygens (including phenoxy) is 1. The minimum atomic E-state index is -1.25. The predicted octanol–water partition coefficient (Wildman–Crippen LogP) is 0.831. The number of esters is 1. The van der Waals surface area contributed by atoms with E-state index in [-0.39, 0.29) is 0 Å². The van der Waals surface area contributed by atoms with Crippen LogP contribution in [0.1, 0.15) is 31.4 Å². The summed E-state index contributed by atoms with van der Waals surface area (Å²) in [5.41, 5.74) is 0.399. The van der Waals surface area contributed by atoms with Crippen molar-refractivity contribution in [2.24, 2.45) is 0 Å². The molecule has 1 heterocycles. The van der Waals surface area contributed by atoms with Gasteiger partial charge in [-0.1, -0.05) is 36.8 Å². The van der Waals surface area contributed by atoms with Gasteiger partial charge in [0.15, 0.2) is 6.61 Å². The maximum atomic E-state index is 12.7. The van der Waals surface area contributed by atoms with Crippen LogP contribution in [0.4, 0.5) is 4.79 Å². The summed E-state index contributed by atoms with van der Waals surface area (Å²) >= 11 is 0. The van der Waals surface area contributed by atoms with Gasteiger partial charge < -0.3 is 15.4 Å². The van der Waals surface area contributed by atoms with E-state index in [2.05, 4.69) is 10.6 Å².